The summed E-state index contributed by atoms with van der Waals surface area (Å²) in [6, 6.07) is 14.3. The van der Waals surface area contributed by atoms with Crippen LogP contribution in [0.1, 0.15) is 18.1 Å². The van der Waals surface area contributed by atoms with Gasteiger partial charge in [0.2, 0.25) is 5.91 Å². The van der Waals surface area contributed by atoms with E-state index in [-0.39, 0.29) is 18.1 Å². The van der Waals surface area contributed by atoms with Crippen LogP contribution in [0.4, 0.5) is 5.69 Å². The maximum Gasteiger partial charge on any atom is 0.227 e. The van der Waals surface area contributed by atoms with Crippen LogP contribution in [0.3, 0.4) is 0 Å². The van der Waals surface area contributed by atoms with Gasteiger partial charge in [0.15, 0.2) is 0 Å². The highest BCUT2D eigenvalue weighted by Crippen LogP contribution is 2.14. The summed E-state index contributed by atoms with van der Waals surface area (Å²) in [4.78, 5) is 14.1. The highest BCUT2D eigenvalue weighted by Gasteiger charge is 2.13. The molecule has 21 heavy (non-hydrogen) atoms. The Balaban J connectivity index is 2.03. The molecule has 0 aromatic heterocycles. The molecule has 4 heteroatoms. The molecule has 2 aromatic carbocycles. The molecule has 0 aliphatic heterocycles. The lowest BCUT2D eigenvalue weighted by atomic mass is 10.1. The summed E-state index contributed by atoms with van der Waals surface area (Å²) < 4.78 is 0. The zero-order valence-corrected chi connectivity index (χ0v) is 12.1. The fourth-order valence-electron chi connectivity index (χ4n) is 2.17. The molecule has 2 rings (SSSR count). The smallest absolute Gasteiger partial charge is 0.227 e. The second-order valence-corrected chi connectivity index (χ2v) is 5.00. The van der Waals surface area contributed by atoms with E-state index in [1.165, 1.54) is 0 Å². The van der Waals surface area contributed by atoms with E-state index in [0.717, 1.165) is 11.1 Å². The molecule has 0 saturated heterocycles. The van der Waals surface area contributed by atoms with E-state index in [0.29, 0.717) is 18.8 Å². The van der Waals surface area contributed by atoms with Crippen molar-refractivity contribution in [3.05, 3.63) is 59.7 Å². The van der Waals surface area contributed by atoms with Crippen LogP contribution in [0.25, 0.3) is 0 Å². The Morgan fingerprint density at radius 3 is 2.48 bits per heavy atom. The number of hydrogen-bond acceptors (Lipinski definition) is 3. The number of nitrogens with two attached hydrogens (primary N) is 1. The number of phenolic OH excluding ortho intramolecular Hbond substituents is 1. The van der Waals surface area contributed by atoms with Gasteiger partial charge in [0, 0.05) is 18.8 Å². The summed E-state index contributed by atoms with van der Waals surface area (Å²) in [5.74, 6) is 0.224. The molecular weight excluding hydrogens is 264 g/mol. The average Bonchev–Trinajstić information content (AvgIpc) is 2.46. The molecule has 0 fully saturated rings. The van der Waals surface area contributed by atoms with Crippen molar-refractivity contribution in [2.75, 3.05) is 12.3 Å². The van der Waals surface area contributed by atoms with E-state index in [4.69, 9.17) is 5.73 Å². The highest BCUT2D eigenvalue weighted by atomic mass is 16.3. The summed E-state index contributed by atoms with van der Waals surface area (Å²) in [6.45, 7) is 3.16. The molecule has 2 aromatic rings. The van der Waals surface area contributed by atoms with Gasteiger partial charge >= 0.3 is 0 Å². The lowest BCUT2D eigenvalue weighted by molar-refractivity contribution is -0.130. The van der Waals surface area contributed by atoms with Crippen molar-refractivity contribution in [3.8, 4) is 5.75 Å². The molecule has 4 nitrogen and oxygen atoms in total. The zero-order valence-electron chi connectivity index (χ0n) is 12.1. The van der Waals surface area contributed by atoms with Crippen LogP contribution in [0.5, 0.6) is 5.75 Å². The molecule has 110 valence electrons. The molecular formula is C17H20N2O2. The molecule has 0 atom stereocenters. The van der Waals surface area contributed by atoms with Crippen molar-refractivity contribution in [2.45, 2.75) is 19.9 Å². The number of phenols is 1. The van der Waals surface area contributed by atoms with E-state index < -0.39 is 0 Å². The molecule has 0 aliphatic carbocycles. The summed E-state index contributed by atoms with van der Waals surface area (Å²) in [5.41, 5.74) is 8.24. The van der Waals surface area contributed by atoms with Gasteiger partial charge in [-0.15, -0.1) is 0 Å². The second kappa shape index (κ2) is 6.79. The largest absolute Gasteiger partial charge is 0.508 e. The van der Waals surface area contributed by atoms with Gasteiger partial charge in [0.05, 0.1) is 6.42 Å². The van der Waals surface area contributed by atoms with E-state index >= 15 is 0 Å². The minimum Gasteiger partial charge on any atom is -0.508 e. The first-order chi connectivity index (χ1) is 10.1. The number of nitrogen functional groups attached to an aromatic ring is 1. The zero-order chi connectivity index (χ0) is 15.2. The van der Waals surface area contributed by atoms with Gasteiger partial charge in [0.1, 0.15) is 5.75 Å². The third-order valence-corrected chi connectivity index (χ3v) is 3.35. The maximum atomic E-state index is 12.3. The standard InChI is InChI=1S/C17H20N2O2/c1-2-19(12-13-6-8-15(18)9-7-13)17(21)11-14-4-3-5-16(20)10-14/h3-10,20H,2,11-12,18H2,1H3. The fourth-order valence-corrected chi connectivity index (χ4v) is 2.17. The van der Waals surface area contributed by atoms with Crippen molar-refractivity contribution in [1.29, 1.82) is 0 Å². The SMILES string of the molecule is CCN(Cc1ccc(N)cc1)C(=O)Cc1cccc(O)c1. The predicted octanol–water partition coefficient (Wildman–Crippen LogP) is 2.57. The maximum absolute atomic E-state index is 12.3. The number of amides is 1. The number of carbonyl (C=O) groups is 1. The number of nitrogens with zero attached hydrogens (tertiary/aromatic N) is 1. The number of likely N-dealkylation sites (N-methyl/N-ethyl adjacent to an activating group) is 1. The van der Waals surface area contributed by atoms with Crippen LogP contribution in [0.15, 0.2) is 48.5 Å². The number of rotatable bonds is 5. The Morgan fingerprint density at radius 2 is 1.86 bits per heavy atom. The average molecular weight is 284 g/mol. The lowest BCUT2D eigenvalue weighted by Gasteiger charge is -2.21. The summed E-state index contributed by atoms with van der Waals surface area (Å²) in [7, 11) is 0. The van der Waals surface area contributed by atoms with Crippen LogP contribution in [-0.2, 0) is 17.8 Å². The number of carbonyl (C=O) groups excluding carboxylic acids is 1. The molecule has 0 saturated carbocycles. The Morgan fingerprint density at radius 1 is 1.14 bits per heavy atom. The summed E-state index contributed by atoms with van der Waals surface area (Å²) >= 11 is 0. The molecule has 0 aliphatic rings. The first-order valence-electron chi connectivity index (χ1n) is 6.98. The Hall–Kier alpha value is -2.49. The molecule has 0 unspecified atom stereocenters. The van der Waals surface area contributed by atoms with Crippen LogP contribution < -0.4 is 5.73 Å². The minimum absolute atomic E-state index is 0.0416. The van der Waals surface area contributed by atoms with Gasteiger partial charge in [-0.25, -0.2) is 0 Å². The van der Waals surface area contributed by atoms with Gasteiger partial charge in [-0.3, -0.25) is 4.79 Å². The van der Waals surface area contributed by atoms with Gasteiger partial charge in [0.25, 0.3) is 0 Å². The van der Waals surface area contributed by atoms with E-state index in [9.17, 15) is 9.90 Å². The van der Waals surface area contributed by atoms with Crippen molar-refractivity contribution < 1.29 is 9.90 Å². The normalized spacial score (nSPS) is 10.3. The molecule has 0 spiro atoms. The topological polar surface area (TPSA) is 66.6 Å². The number of benzene rings is 2. The van der Waals surface area contributed by atoms with Crippen LogP contribution in [-0.4, -0.2) is 22.5 Å². The molecule has 0 heterocycles. The van der Waals surface area contributed by atoms with Gasteiger partial charge < -0.3 is 15.7 Å². The van der Waals surface area contributed by atoms with Gasteiger partial charge in [-0.05, 0) is 42.3 Å². The van der Waals surface area contributed by atoms with E-state index in [2.05, 4.69) is 0 Å². The van der Waals surface area contributed by atoms with E-state index in [1.807, 2.05) is 37.3 Å². The molecule has 1 amide bonds. The van der Waals surface area contributed by atoms with Gasteiger partial charge in [-0.1, -0.05) is 24.3 Å². The number of anilines is 1. The Bertz CT molecular complexity index is 608. The lowest BCUT2D eigenvalue weighted by Crippen LogP contribution is -2.31. The van der Waals surface area contributed by atoms with Crippen molar-refractivity contribution in [2.24, 2.45) is 0 Å². The number of hydrogen-bond donors (Lipinski definition) is 2. The van der Waals surface area contributed by atoms with Crippen molar-refractivity contribution in [1.82, 2.24) is 4.90 Å². The predicted molar refractivity (Wildman–Crippen MR) is 83.8 cm³/mol. The Kier molecular flexibility index (Phi) is 4.82. The second-order valence-electron chi connectivity index (χ2n) is 5.00. The first-order valence-corrected chi connectivity index (χ1v) is 6.98. The number of aromatic hydroxyl groups is 1. The summed E-state index contributed by atoms with van der Waals surface area (Å²) in [6.07, 6.45) is 0.289. The molecule has 0 radical (unpaired) electrons. The Labute approximate surface area is 124 Å². The third-order valence-electron chi connectivity index (χ3n) is 3.35. The molecule has 0 bridgehead atoms. The van der Waals surface area contributed by atoms with Crippen molar-refractivity contribution >= 4 is 11.6 Å². The molecule has 3 N–H and O–H groups in total. The van der Waals surface area contributed by atoms with Crippen LogP contribution in [0.2, 0.25) is 0 Å². The fraction of sp³-hybridized carbons (Fsp3) is 0.235. The minimum atomic E-state index is 0.0416. The third kappa shape index (κ3) is 4.24. The monoisotopic (exact) mass is 284 g/mol. The highest BCUT2D eigenvalue weighted by molar-refractivity contribution is 5.78. The van der Waals surface area contributed by atoms with Crippen molar-refractivity contribution in [3.63, 3.8) is 0 Å². The van der Waals surface area contributed by atoms with Gasteiger partial charge in [-0.2, -0.15) is 0 Å². The van der Waals surface area contributed by atoms with Crippen LogP contribution >= 0.6 is 0 Å². The first kappa shape index (κ1) is 14.9. The van der Waals surface area contributed by atoms with E-state index in [1.54, 1.807) is 23.1 Å². The summed E-state index contributed by atoms with van der Waals surface area (Å²) in [5, 5.41) is 9.45. The quantitative estimate of drug-likeness (QED) is 0.829. The van der Waals surface area contributed by atoms with Crippen LogP contribution in [0, 0.1) is 0 Å².